The summed E-state index contributed by atoms with van der Waals surface area (Å²) in [6.45, 7) is 1.67. The van der Waals surface area contributed by atoms with Crippen LogP contribution in [0.15, 0.2) is 12.1 Å². The molecule has 0 bridgehead atoms. The van der Waals surface area contributed by atoms with E-state index in [9.17, 15) is 14.7 Å². The summed E-state index contributed by atoms with van der Waals surface area (Å²) in [5.41, 5.74) is 0.918. The Morgan fingerprint density at radius 2 is 1.92 bits per heavy atom. The zero-order chi connectivity index (χ0) is 9.59. The molecule has 0 unspecified atom stereocenters. The third-order valence-corrected chi connectivity index (χ3v) is 2.08. The third kappa shape index (κ3) is 0.917. The van der Waals surface area contributed by atoms with Crippen LogP contribution in [-0.2, 0) is 0 Å². The maximum Gasteiger partial charge on any atom is 0.262 e. The number of amides is 2. The fourth-order valence-corrected chi connectivity index (χ4v) is 1.35. The maximum absolute atomic E-state index is 11.2. The predicted octanol–water partition coefficient (Wildman–Crippen LogP) is 0.584. The normalized spacial score (nSPS) is 14.2. The van der Waals surface area contributed by atoms with E-state index in [4.69, 9.17) is 0 Å². The van der Waals surface area contributed by atoms with Crippen LogP contribution >= 0.6 is 0 Å². The molecule has 0 fully saturated rings. The van der Waals surface area contributed by atoms with Crippen LogP contribution in [0, 0.1) is 6.92 Å². The Bertz CT molecular complexity index is 423. The van der Waals surface area contributed by atoms with Crippen LogP contribution in [0.3, 0.4) is 0 Å². The van der Waals surface area contributed by atoms with Crippen LogP contribution in [0.1, 0.15) is 26.3 Å². The van der Waals surface area contributed by atoms with Gasteiger partial charge in [-0.1, -0.05) is 6.07 Å². The van der Waals surface area contributed by atoms with E-state index in [0.29, 0.717) is 5.56 Å². The number of imide groups is 1. The van der Waals surface area contributed by atoms with E-state index in [1.165, 1.54) is 6.07 Å². The Morgan fingerprint density at radius 1 is 1.23 bits per heavy atom. The van der Waals surface area contributed by atoms with Crippen molar-refractivity contribution < 1.29 is 14.7 Å². The van der Waals surface area contributed by atoms with Gasteiger partial charge >= 0.3 is 0 Å². The molecule has 4 nitrogen and oxygen atoms in total. The van der Waals surface area contributed by atoms with E-state index in [2.05, 4.69) is 5.32 Å². The van der Waals surface area contributed by atoms with Crippen molar-refractivity contribution in [1.82, 2.24) is 5.32 Å². The number of fused-ring (bicyclic) bond motifs is 1. The Balaban J connectivity index is 2.78. The molecule has 0 saturated heterocycles. The van der Waals surface area contributed by atoms with Crippen molar-refractivity contribution in [3.05, 3.63) is 28.8 Å². The van der Waals surface area contributed by atoms with Crippen molar-refractivity contribution in [2.75, 3.05) is 0 Å². The zero-order valence-electron chi connectivity index (χ0n) is 6.92. The lowest BCUT2D eigenvalue weighted by Gasteiger charge is -2.01. The summed E-state index contributed by atoms with van der Waals surface area (Å²) in [7, 11) is 0. The van der Waals surface area contributed by atoms with Gasteiger partial charge < -0.3 is 5.11 Å². The number of hydrogen-bond acceptors (Lipinski definition) is 3. The molecule has 1 aliphatic rings. The molecule has 2 N–H and O–H groups in total. The van der Waals surface area contributed by atoms with Crippen molar-refractivity contribution in [3.8, 4) is 5.75 Å². The van der Waals surface area contributed by atoms with Crippen LogP contribution in [0.2, 0.25) is 0 Å². The van der Waals surface area contributed by atoms with Crippen LogP contribution in [0.25, 0.3) is 0 Å². The minimum absolute atomic E-state index is 0.0880. The second-order valence-electron chi connectivity index (χ2n) is 2.94. The van der Waals surface area contributed by atoms with Gasteiger partial charge in [0.2, 0.25) is 0 Å². The molecule has 0 radical (unpaired) electrons. The molecule has 66 valence electrons. The fraction of sp³-hybridized carbons (Fsp3) is 0.111. The van der Waals surface area contributed by atoms with Gasteiger partial charge in [-0.3, -0.25) is 14.9 Å². The van der Waals surface area contributed by atoms with Crippen molar-refractivity contribution in [2.24, 2.45) is 0 Å². The number of carbonyl (C=O) groups excluding carboxylic acids is 2. The summed E-state index contributed by atoms with van der Waals surface area (Å²) in [5.74, 6) is -1.09. The van der Waals surface area contributed by atoms with E-state index in [-0.39, 0.29) is 16.9 Å². The largest absolute Gasteiger partial charge is 0.507 e. The standard InChI is InChI=1S/C9H7NO3/c1-4-2-3-5-6(7(4)11)9(13)10-8(5)12/h2-3,11H,1H3,(H,10,12,13). The predicted molar refractivity (Wildman–Crippen MR) is 44.6 cm³/mol. The van der Waals surface area contributed by atoms with E-state index in [0.717, 1.165) is 0 Å². The van der Waals surface area contributed by atoms with E-state index >= 15 is 0 Å². The van der Waals surface area contributed by atoms with Gasteiger partial charge in [-0.25, -0.2) is 0 Å². The molecule has 0 spiro atoms. The molecule has 13 heavy (non-hydrogen) atoms. The summed E-state index contributed by atoms with van der Waals surface area (Å²) >= 11 is 0. The van der Waals surface area contributed by atoms with Crippen molar-refractivity contribution in [2.45, 2.75) is 6.92 Å². The number of rotatable bonds is 0. The molecule has 0 aliphatic carbocycles. The molecule has 1 aromatic carbocycles. The molecular formula is C9H7NO3. The molecule has 0 saturated carbocycles. The number of hydrogen-bond donors (Lipinski definition) is 2. The molecular weight excluding hydrogens is 170 g/mol. The Hall–Kier alpha value is -1.84. The number of carbonyl (C=O) groups is 2. The summed E-state index contributed by atoms with van der Waals surface area (Å²) in [6.07, 6.45) is 0. The Labute approximate surface area is 74.2 Å². The third-order valence-electron chi connectivity index (χ3n) is 2.08. The van der Waals surface area contributed by atoms with Crippen LogP contribution in [-0.4, -0.2) is 16.9 Å². The number of benzene rings is 1. The van der Waals surface area contributed by atoms with Gasteiger partial charge in [-0.15, -0.1) is 0 Å². The van der Waals surface area contributed by atoms with Gasteiger partial charge in [-0.05, 0) is 18.6 Å². The smallest absolute Gasteiger partial charge is 0.262 e. The first-order chi connectivity index (χ1) is 6.11. The zero-order valence-corrected chi connectivity index (χ0v) is 6.92. The van der Waals surface area contributed by atoms with Gasteiger partial charge in [0.15, 0.2) is 0 Å². The lowest BCUT2D eigenvalue weighted by molar-refractivity contribution is 0.0879. The van der Waals surface area contributed by atoms with Crippen molar-refractivity contribution in [1.29, 1.82) is 0 Å². The molecule has 1 aromatic rings. The minimum Gasteiger partial charge on any atom is -0.507 e. The first kappa shape index (κ1) is 7.79. The van der Waals surface area contributed by atoms with Gasteiger partial charge in [0.05, 0.1) is 11.1 Å². The lowest BCUT2D eigenvalue weighted by atomic mass is 10.1. The van der Waals surface area contributed by atoms with E-state index in [1.54, 1.807) is 13.0 Å². The summed E-state index contributed by atoms with van der Waals surface area (Å²) in [5, 5.41) is 11.6. The van der Waals surface area contributed by atoms with Gasteiger partial charge in [0.1, 0.15) is 5.75 Å². The lowest BCUT2D eigenvalue weighted by Crippen LogP contribution is -2.19. The first-order valence-electron chi connectivity index (χ1n) is 3.79. The average Bonchev–Trinajstić information content (AvgIpc) is 2.35. The van der Waals surface area contributed by atoms with Crippen molar-refractivity contribution in [3.63, 3.8) is 0 Å². The highest BCUT2D eigenvalue weighted by Crippen LogP contribution is 2.28. The molecule has 1 aliphatic heterocycles. The number of aryl methyl sites for hydroxylation is 1. The van der Waals surface area contributed by atoms with Crippen LogP contribution in [0.5, 0.6) is 5.75 Å². The van der Waals surface area contributed by atoms with Crippen LogP contribution in [0.4, 0.5) is 0 Å². The van der Waals surface area contributed by atoms with Crippen LogP contribution < -0.4 is 5.32 Å². The number of phenolic OH excluding ortho intramolecular Hbond substituents is 1. The number of nitrogens with one attached hydrogen (secondary N) is 1. The minimum atomic E-state index is -0.527. The fourth-order valence-electron chi connectivity index (χ4n) is 1.35. The van der Waals surface area contributed by atoms with Crippen molar-refractivity contribution >= 4 is 11.8 Å². The highest BCUT2D eigenvalue weighted by Gasteiger charge is 2.30. The first-order valence-corrected chi connectivity index (χ1v) is 3.79. The highest BCUT2D eigenvalue weighted by atomic mass is 16.3. The van der Waals surface area contributed by atoms with E-state index in [1.807, 2.05) is 0 Å². The highest BCUT2D eigenvalue weighted by molar-refractivity contribution is 6.22. The summed E-state index contributed by atoms with van der Waals surface area (Å²) in [4.78, 5) is 22.3. The van der Waals surface area contributed by atoms with Gasteiger partial charge in [0, 0.05) is 0 Å². The Morgan fingerprint density at radius 3 is 2.62 bits per heavy atom. The molecule has 1 heterocycles. The molecule has 4 heteroatoms. The number of phenols is 1. The quantitative estimate of drug-likeness (QED) is 0.570. The number of aromatic hydroxyl groups is 1. The second kappa shape index (κ2) is 2.32. The second-order valence-corrected chi connectivity index (χ2v) is 2.94. The Kier molecular flexibility index (Phi) is 1.39. The maximum atomic E-state index is 11.2. The summed E-state index contributed by atoms with van der Waals surface area (Å²) in [6, 6.07) is 3.14. The summed E-state index contributed by atoms with van der Waals surface area (Å²) < 4.78 is 0. The van der Waals surface area contributed by atoms with E-state index < -0.39 is 11.8 Å². The topological polar surface area (TPSA) is 66.4 Å². The molecule has 0 atom stereocenters. The SMILES string of the molecule is Cc1ccc2c(c1O)C(=O)NC2=O. The monoisotopic (exact) mass is 177 g/mol. The van der Waals surface area contributed by atoms with Gasteiger partial charge in [-0.2, -0.15) is 0 Å². The molecule has 2 rings (SSSR count). The average molecular weight is 177 g/mol. The van der Waals surface area contributed by atoms with Gasteiger partial charge in [0.25, 0.3) is 11.8 Å². The molecule has 2 amide bonds. The molecule has 0 aromatic heterocycles.